The minimum atomic E-state index is -0.351. The summed E-state index contributed by atoms with van der Waals surface area (Å²) in [7, 11) is 3.20. The van der Waals surface area contributed by atoms with Gasteiger partial charge in [0.05, 0.1) is 20.1 Å². The molecule has 0 spiro atoms. The first kappa shape index (κ1) is 14.8. The lowest BCUT2D eigenvalue weighted by Gasteiger charge is -2.34. The molecule has 4 rings (SSSR count). The number of tetrazole rings is 1. The Balaban J connectivity index is 1.89. The lowest BCUT2D eigenvalue weighted by atomic mass is 9.77. The van der Waals surface area contributed by atoms with Crippen molar-refractivity contribution >= 4 is 17.4 Å². The fourth-order valence-corrected chi connectivity index (χ4v) is 3.51. The van der Waals surface area contributed by atoms with Crippen LogP contribution < -0.4 is 9.47 Å². The van der Waals surface area contributed by atoms with Crippen molar-refractivity contribution in [3.8, 4) is 11.5 Å². The van der Waals surface area contributed by atoms with Crippen molar-refractivity contribution in [1.29, 1.82) is 0 Å². The van der Waals surface area contributed by atoms with Crippen LogP contribution in [0.5, 0.6) is 11.5 Å². The number of carbonyl (C=O) groups is 1. The van der Waals surface area contributed by atoms with Crippen molar-refractivity contribution in [2.45, 2.75) is 25.3 Å². The van der Waals surface area contributed by atoms with E-state index >= 15 is 0 Å². The van der Waals surface area contributed by atoms with E-state index in [-0.39, 0.29) is 17.7 Å². The molecule has 24 heavy (non-hydrogen) atoms. The average molecular weight is 327 g/mol. The molecular weight excluding hydrogens is 310 g/mol. The zero-order valence-corrected chi connectivity index (χ0v) is 13.5. The van der Waals surface area contributed by atoms with E-state index in [2.05, 4.69) is 20.5 Å². The van der Waals surface area contributed by atoms with Gasteiger partial charge in [-0.25, -0.2) is 9.67 Å². The van der Waals surface area contributed by atoms with Crippen LogP contribution in [-0.4, -0.2) is 45.9 Å². The fraction of sp³-hybridized carbons (Fsp3) is 0.438. The monoisotopic (exact) mass is 327 g/mol. The Morgan fingerprint density at radius 1 is 1.21 bits per heavy atom. The lowest BCUT2D eigenvalue weighted by Crippen LogP contribution is -2.39. The molecule has 124 valence electrons. The van der Waals surface area contributed by atoms with Crippen LogP contribution in [0.3, 0.4) is 0 Å². The molecule has 0 saturated heterocycles. The third-order valence-electron chi connectivity index (χ3n) is 4.62. The van der Waals surface area contributed by atoms with Gasteiger partial charge in [-0.3, -0.25) is 4.79 Å². The maximum absolute atomic E-state index is 12.6. The average Bonchev–Trinajstić information content (AvgIpc) is 3.07. The Hall–Kier alpha value is -2.77. The number of hydrogen-bond donors (Lipinski definition) is 0. The molecule has 8 nitrogen and oxygen atoms in total. The molecule has 1 aromatic carbocycles. The molecule has 1 aliphatic heterocycles. The van der Waals surface area contributed by atoms with Crippen molar-refractivity contribution in [3.63, 3.8) is 0 Å². The number of nitrogens with zero attached hydrogens (tertiary/aromatic N) is 5. The van der Waals surface area contributed by atoms with Crippen LogP contribution in [0, 0.1) is 5.92 Å². The first-order valence-electron chi connectivity index (χ1n) is 7.83. The summed E-state index contributed by atoms with van der Waals surface area (Å²) in [6.07, 6.45) is 2.16. The summed E-state index contributed by atoms with van der Waals surface area (Å²) in [6, 6.07) is 5.20. The van der Waals surface area contributed by atoms with Gasteiger partial charge in [0.15, 0.2) is 0 Å². The third kappa shape index (κ3) is 2.17. The molecule has 0 N–H and O–H groups in total. The molecule has 1 aliphatic carbocycles. The maximum atomic E-state index is 12.6. The SMILES string of the molecule is COc1ccc(C2C3C(=O)CCCC3=Nc3nnnn32)c(OC)c1. The molecule has 0 amide bonds. The zero-order valence-electron chi connectivity index (χ0n) is 13.5. The van der Waals surface area contributed by atoms with E-state index in [1.165, 1.54) is 0 Å². The zero-order chi connectivity index (χ0) is 16.7. The number of rotatable bonds is 3. The van der Waals surface area contributed by atoms with Gasteiger partial charge in [0.2, 0.25) is 0 Å². The van der Waals surface area contributed by atoms with Gasteiger partial charge in [-0.05, 0) is 35.4 Å². The third-order valence-corrected chi connectivity index (χ3v) is 4.62. The summed E-state index contributed by atoms with van der Waals surface area (Å²) in [5.41, 5.74) is 1.70. The highest BCUT2D eigenvalue weighted by atomic mass is 16.5. The summed E-state index contributed by atoms with van der Waals surface area (Å²) in [6.45, 7) is 0. The predicted molar refractivity (Wildman–Crippen MR) is 84.9 cm³/mol. The summed E-state index contributed by atoms with van der Waals surface area (Å²) in [5.74, 6) is 1.58. The van der Waals surface area contributed by atoms with Crippen molar-refractivity contribution in [3.05, 3.63) is 23.8 Å². The lowest BCUT2D eigenvalue weighted by molar-refractivity contribution is -0.122. The molecule has 1 aromatic heterocycles. The summed E-state index contributed by atoms with van der Waals surface area (Å²) < 4.78 is 12.4. The number of aliphatic imine (C=N–C) groups is 1. The van der Waals surface area contributed by atoms with Crippen LogP contribution in [0.15, 0.2) is 23.2 Å². The number of ketones is 1. The van der Waals surface area contributed by atoms with E-state index < -0.39 is 0 Å². The number of benzene rings is 1. The molecule has 0 bridgehead atoms. The summed E-state index contributed by atoms with van der Waals surface area (Å²) in [4.78, 5) is 17.1. The Morgan fingerprint density at radius 3 is 2.88 bits per heavy atom. The van der Waals surface area contributed by atoms with Crippen LogP contribution >= 0.6 is 0 Å². The minimum absolute atomic E-state index is 0.170. The number of methoxy groups -OCH3 is 2. The molecule has 2 unspecified atom stereocenters. The highest BCUT2D eigenvalue weighted by molar-refractivity contribution is 6.09. The Bertz CT molecular complexity index is 829. The molecule has 8 heteroatoms. The first-order valence-corrected chi connectivity index (χ1v) is 7.83. The number of ether oxygens (including phenoxy) is 2. The van der Waals surface area contributed by atoms with E-state index in [9.17, 15) is 4.79 Å². The molecular formula is C16H17N5O3. The van der Waals surface area contributed by atoms with Crippen LogP contribution in [0.1, 0.15) is 30.9 Å². The van der Waals surface area contributed by atoms with Crippen LogP contribution in [0.25, 0.3) is 0 Å². The molecule has 2 aliphatic rings. The Morgan fingerprint density at radius 2 is 2.08 bits per heavy atom. The second kappa shape index (κ2) is 5.70. The number of fused-ring (bicyclic) bond motifs is 2. The maximum Gasteiger partial charge on any atom is 0.269 e. The van der Waals surface area contributed by atoms with Gasteiger partial charge >= 0.3 is 0 Å². The van der Waals surface area contributed by atoms with Crippen LogP contribution in [0.4, 0.5) is 5.95 Å². The molecule has 0 radical (unpaired) electrons. The number of Topliss-reactive ketones (excluding diaryl/α,β-unsaturated/α-hetero) is 1. The summed E-state index contributed by atoms with van der Waals surface area (Å²) in [5, 5.41) is 11.8. The Labute approximate surface area is 138 Å². The molecule has 2 heterocycles. The van der Waals surface area contributed by atoms with Crippen molar-refractivity contribution in [2.24, 2.45) is 10.9 Å². The van der Waals surface area contributed by atoms with Gasteiger partial charge < -0.3 is 9.47 Å². The standard InChI is InChI=1S/C16H17N5O3/c1-23-9-6-7-10(13(8-9)24-2)15-14-11(4-3-5-12(14)22)17-16-18-19-20-21(15)16/h6-8,14-15H,3-5H2,1-2H3. The van der Waals surface area contributed by atoms with Crippen molar-refractivity contribution in [1.82, 2.24) is 20.2 Å². The minimum Gasteiger partial charge on any atom is -0.497 e. The van der Waals surface area contributed by atoms with Crippen LogP contribution in [0.2, 0.25) is 0 Å². The second-order valence-corrected chi connectivity index (χ2v) is 5.88. The quantitative estimate of drug-likeness (QED) is 0.852. The van der Waals surface area contributed by atoms with E-state index in [1.54, 1.807) is 25.0 Å². The molecule has 1 saturated carbocycles. The van der Waals surface area contributed by atoms with E-state index in [1.807, 2.05) is 12.1 Å². The van der Waals surface area contributed by atoms with E-state index in [4.69, 9.17) is 9.47 Å². The molecule has 1 fully saturated rings. The van der Waals surface area contributed by atoms with Gasteiger partial charge in [0.25, 0.3) is 5.95 Å². The van der Waals surface area contributed by atoms with E-state index in [0.717, 1.165) is 24.1 Å². The topological polar surface area (TPSA) is 91.5 Å². The van der Waals surface area contributed by atoms with Gasteiger partial charge in [0.1, 0.15) is 23.3 Å². The van der Waals surface area contributed by atoms with Gasteiger partial charge in [-0.1, -0.05) is 5.10 Å². The number of carbonyl (C=O) groups excluding carboxylic acids is 1. The highest BCUT2D eigenvalue weighted by Crippen LogP contribution is 2.42. The highest BCUT2D eigenvalue weighted by Gasteiger charge is 2.43. The number of hydrogen-bond acceptors (Lipinski definition) is 7. The molecule has 2 atom stereocenters. The predicted octanol–water partition coefficient (Wildman–Crippen LogP) is 1.73. The fourth-order valence-electron chi connectivity index (χ4n) is 3.51. The largest absolute Gasteiger partial charge is 0.497 e. The van der Waals surface area contributed by atoms with Gasteiger partial charge in [-0.15, -0.1) is 0 Å². The normalized spacial score (nSPS) is 22.4. The second-order valence-electron chi connectivity index (χ2n) is 5.88. The van der Waals surface area contributed by atoms with Crippen LogP contribution in [-0.2, 0) is 4.79 Å². The first-order chi connectivity index (χ1) is 11.7. The smallest absolute Gasteiger partial charge is 0.269 e. The molecule has 2 aromatic rings. The van der Waals surface area contributed by atoms with E-state index in [0.29, 0.717) is 23.9 Å². The van der Waals surface area contributed by atoms with Gasteiger partial charge in [-0.2, -0.15) is 0 Å². The Kier molecular flexibility index (Phi) is 3.51. The number of aromatic nitrogens is 4. The van der Waals surface area contributed by atoms with Crippen molar-refractivity contribution in [2.75, 3.05) is 14.2 Å². The summed E-state index contributed by atoms with van der Waals surface area (Å²) >= 11 is 0. The van der Waals surface area contributed by atoms with Gasteiger partial charge in [0, 0.05) is 23.8 Å². The van der Waals surface area contributed by atoms with Crippen molar-refractivity contribution < 1.29 is 14.3 Å².